The van der Waals surface area contributed by atoms with Crippen LogP contribution in [0.3, 0.4) is 0 Å². The van der Waals surface area contributed by atoms with Gasteiger partial charge in [0, 0.05) is 10.6 Å². The highest BCUT2D eigenvalue weighted by Crippen LogP contribution is 2.26. The van der Waals surface area contributed by atoms with Crippen LogP contribution in [0.4, 0.5) is 23.2 Å². The summed E-state index contributed by atoms with van der Waals surface area (Å²) in [5.41, 5.74) is 0.158. The highest BCUT2D eigenvalue weighted by atomic mass is 32.2. The third-order valence-electron chi connectivity index (χ3n) is 3.35. The summed E-state index contributed by atoms with van der Waals surface area (Å²) in [4.78, 5) is 23.3. The summed E-state index contributed by atoms with van der Waals surface area (Å²) in [6, 6.07) is 9.18. The smallest absolute Gasteiger partial charge is 0.341 e. The molecule has 0 fully saturated rings. The molecule has 1 N–H and O–H groups in total. The number of hydrogen-bond donors (Lipinski definition) is 1. The molecule has 0 aromatic heterocycles. The first kappa shape index (κ1) is 22.7. The zero-order valence-corrected chi connectivity index (χ0v) is 16.0. The molecule has 2 rings (SSSR count). The van der Waals surface area contributed by atoms with E-state index in [1.54, 1.807) is 0 Å². The summed E-state index contributed by atoms with van der Waals surface area (Å²) >= 11 is 0.347. The minimum absolute atomic E-state index is 0.139. The first-order chi connectivity index (χ1) is 13.6. The molecule has 0 heterocycles. The van der Waals surface area contributed by atoms with Crippen molar-refractivity contribution in [2.24, 2.45) is 0 Å². The number of carbonyl (C=O) groups is 2. The molecule has 0 saturated heterocycles. The van der Waals surface area contributed by atoms with Crippen LogP contribution in [0.5, 0.6) is 0 Å². The number of ether oxygens (including phenoxy) is 1. The van der Waals surface area contributed by atoms with Crippen LogP contribution in [-0.4, -0.2) is 38.4 Å². The lowest BCUT2D eigenvalue weighted by molar-refractivity contribution is -0.119. The second-order valence-corrected chi connectivity index (χ2v) is 8.34. The Morgan fingerprint density at radius 2 is 1.55 bits per heavy atom. The number of benzene rings is 2. The largest absolute Gasteiger partial charge is 0.452 e. The third-order valence-corrected chi connectivity index (χ3v) is 5.47. The Morgan fingerprint density at radius 1 is 0.966 bits per heavy atom. The van der Waals surface area contributed by atoms with Crippen molar-refractivity contribution in [2.45, 2.75) is 21.3 Å². The standard InChI is InChI=1S/C17H13F4NO5S2/c18-16(19)28-12-5-3-11(4-6-12)22-14(23)9-27-15(24)10-1-7-13(8-2-10)29(25,26)17(20)21/h1-8,16-17H,9H2,(H,22,23). The number of halogens is 4. The van der Waals surface area contributed by atoms with Crippen molar-refractivity contribution in [1.82, 2.24) is 0 Å². The molecule has 0 radical (unpaired) electrons. The lowest BCUT2D eigenvalue weighted by Gasteiger charge is -2.08. The maximum atomic E-state index is 12.5. The number of rotatable bonds is 8. The van der Waals surface area contributed by atoms with E-state index in [9.17, 15) is 35.6 Å². The summed E-state index contributed by atoms with van der Waals surface area (Å²) in [7, 11) is -4.78. The van der Waals surface area contributed by atoms with Gasteiger partial charge in [-0.15, -0.1) is 0 Å². The lowest BCUT2D eigenvalue weighted by Crippen LogP contribution is -2.21. The van der Waals surface area contributed by atoms with Crippen LogP contribution in [0.25, 0.3) is 0 Å². The highest BCUT2D eigenvalue weighted by molar-refractivity contribution is 7.99. The third kappa shape index (κ3) is 6.46. The summed E-state index contributed by atoms with van der Waals surface area (Å²) in [6.45, 7) is -0.677. The van der Waals surface area contributed by atoms with Crippen LogP contribution in [0.2, 0.25) is 0 Å². The maximum absolute atomic E-state index is 12.5. The Hall–Kier alpha value is -2.60. The van der Waals surface area contributed by atoms with Gasteiger partial charge in [0.1, 0.15) is 0 Å². The topological polar surface area (TPSA) is 89.5 Å². The van der Waals surface area contributed by atoms with E-state index >= 15 is 0 Å². The van der Waals surface area contributed by atoms with Crippen LogP contribution in [-0.2, 0) is 19.4 Å². The molecular weight excluding hydrogens is 438 g/mol. The van der Waals surface area contributed by atoms with Crippen LogP contribution in [0, 0.1) is 0 Å². The number of carbonyl (C=O) groups excluding carboxylic acids is 2. The molecule has 12 heteroatoms. The van der Waals surface area contributed by atoms with Crippen molar-refractivity contribution in [3.63, 3.8) is 0 Å². The Bertz CT molecular complexity index is 964. The van der Waals surface area contributed by atoms with E-state index in [1.807, 2.05) is 0 Å². The number of nitrogens with one attached hydrogen (secondary N) is 1. The summed E-state index contributed by atoms with van der Waals surface area (Å²) in [6.07, 6.45) is 0. The Labute approximate surface area is 167 Å². The first-order valence-corrected chi connectivity index (χ1v) is 10.2. The number of anilines is 1. The molecule has 6 nitrogen and oxygen atoms in total. The van der Waals surface area contributed by atoms with Crippen molar-refractivity contribution >= 4 is 39.2 Å². The van der Waals surface area contributed by atoms with Gasteiger partial charge < -0.3 is 10.1 Å². The van der Waals surface area contributed by atoms with E-state index in [-0.39, 0.29) is 5.56 Å². The Kier molecular flexibility index (Phi) is 7.62. The van der Waals surface area contributed by atoms with Crippen LogP contribution in [0.15, 0.2) is 58.3 Å². The molecule has 2 aromatic rings. The van der Waals surface area contributed by atoms with Gasteiger partial charge in [-0.1, -0.05) is 11.8 Å². The van der Waals surface area contributed by atoms with Gasteiger partial charge in [0.05, 0.1) is 10.5 Å². The zero-order chi connectivity index (χ0) is 21.6. The van der Waals surface area contributed by atoms with Gasteiger partial charge in [-0.2, -0.15) is 17.6 Å². The average molecular weight is 451 g/mol. The van der Waals surface area contributed by atoms with Crippen molar-refractivity contribution in [1.29, 1.82) is 0 Å². The molecular formula is C17H13F4NO5S2. The van der Waals surface area contributed by atoms with Crippen molar-refractivity contribution in [2.75, 3.05) is 11.9 Å². The molecule has 0 bridgehead atoms. The van der Waals surface area contributed by atoms with Gasteiger partial charge in [-0.25, -0.2) is 13.2 Å². The molecule has 0 saturated carbocycles. The Balaban J connectivity index is 1.89. The number of thioether (sulfide) groups is 1. The lowest BCUT2D eigenvalue weighted by atomic mass is 10.2. The minimum atomic E-state index is -4.78. The fourth-order valence-electron chi connectivity index (χ4n) is 2.01. The quantitative estimate of drug-likeness (QED) is 0.373. The normalized spacial score (nSPS) is 11.5. The monoisotopic (exact) mass is 451 g/mol. The van der Waals surface area contributed by atoms with Gasteiger partial charge in [0.25, 0.3) is 11.7 Å². The minimum Gasteiger partial charge on any atom is -0.452 e. The van der Waals surface area contributed by atoms with E-state index in [0.717, 1.165) is 24.3 Å². The number of alkyl halides is 4. The second kappa shape index (κ2) is 9.74. The van der Waals surface area contributed by atoms with Crippen molar-refractivity contribution in [3.05, 3.63) is 54.1 Å². The maximum Gasteiger partial charge on any atom is 0.341 e. The summed E-state index contributed by atoms with van der Waals surface area (Å²) in [5, 5.41) is 2.40. The average Bonchev–Trinajstić information content (AvgIpc) is 2.67. The van der Waals surface area contributed by atoms with E-state index in [0.29, 0.717) is 22.3 Å². The molecule has 1 amide bonds. The van der Waals surface area contributed by atoms with E-state index in [1.165, 1.54) is 24.3 Å². The van der Waals surface area contributed by atoms with Gasteiger partial charge >= 0.3 is 11.7 Å². The molecule has 0 spiro atoms. The van der Waals surface area contributed by atoms with Crippen LogP contribution < -0.4 is 5.32 Å². The number of amides is 1. The molecule has 156 valence electrons. The van der Waals surface area contributed by atoms with E-state index in [2.05, 4.69) is 5.32 Å². The molecule has 0 aliphatic carbocycles. The second-order valence-electron chi connectivity index (χ2n) is 5.36. The molecule has 2 aromatic carbocycles. The predicted octanol–water partition coefficient (Wildman–Crippen LogP) is 3.79. The molecule has 29 heavy (non-hydrogen) atoms. The van der Waals surface area contributed by atoms with Crippen molar-refractivity contribution in [3.8, 4) is 0 Å². The van der Waals surface area contributed by atoms with Crippen LogP contribution in [0.1, 0.15) is 10.4 Å². The highest BCUT2D eigenvalue weighted by Gasteiger charge is 2.26. The molecule has 0 aliphatic rings. The SMILES string of the molecule is O=C(COC(=O)c1ccc(S(=O)(=O)C(F)F)cc1)Nc1ccc(SC(F)F)cc1. The summed E-state index contributed by atoms with van der Waals surface area (Å²) in [5.74, 6) is -7.83. The summed E-state index contributed by atoms with van der Waals surface area (Å²) < 4.78 is 76.8. The van der Waals surface area contributed by atoms with Crippen molar-refractivity contribution < 1.29 is 40.3 Å². The van der Waals surface area contributed by atoms with Gasteiger partial charge in [-0.05, 0) is 48.5 Å². The molecule has 0 aliphatic heterocycles. The van der Waals surface area contributed by atoms with Gasteiger partial charge in [-0.3, -0.25) is 4.79 Å². The Morgan fingerprint density at radius 3 is 2.07 bits per heavy atom. The molecule has 0 atom stereocenters. The first-order valence-electron chi connectivity index (χ1n) is 7.73. The predicted molar refractivity (Wildman–Crippen MR) is 96.8 cm³/mol. The van der Waals surface area contributed by atoms with Crippen LogP contribution >= 0.6 is 11.8 Å². The number of sulfone groups is 1. The van der Waals surface area contributed by atoms with E-state index < -0.39 is 44.7 Å². The van der Waals surface area contributed by atoms with Gasteiger partial charge in [0.15, 0.2) is 6.61 Å². The van der Waals surface area contributed by atoms with E-state index in [4.69, 9.17) is 4.74 Å². The fourth-order valence-corrected chi connectivity index (χ4v) is 3.23. The number of esters is 1. The zero-order valence-electron chi connectivity index (χ0n) is 14.4. The fraction of sp³-hybridized carbons (Fsp3) is 0.176. The molecule has 0 unspecified atom stereocenters. The number of hydrogen-bond acceptors (Lipinski definition) is 6. The van der Waals surface area contributed by atoms with Gasteiger partial charge in [0.2, 0.25) is 9.84 Å².